The highest BCUT2D eigenvalue weighted by Crippen LogP contribution is 2.31. The first-order chi connectivity index (χ1) is 9.56. The van der Waals surface area contributed by atoms with E-state index in [1.807, 2.05) is 6.26 Å². The zero-order valence-electron chi connectivity index (χ0n) is 13.5. The van der Waals surface area contributed by atoms with Gasteiger partial charge in [-0.25, -0.2) is 0 Å². The molecule has 0 saturated heterocycles. The molecule has 0 aliphatic heterocycles. The molecule has 1 heterocycles. The molecule has 2 rings (SSSR count). The highest BCUT2D eigenvalue weighted by atomic mass is 16.3. The predicted molar refractivity (Wildman–Crippen MR) is 83.5 cm³/mol. The van der Waals surface area contributed by atoms with Gasteiger partial charge in [-0.1, -0.05) is 13.8 Å². The Morgan fingerprint density at radius 2 is 2.05 bits per heavy atom. The number of nitrogens with one attached hydrogen (secondary N) is 1. The second kappa shape index (κ2) is 7.28. The Morgan fingerprint density at radius 3 is 2.65 bits per heavy atom. The molecule has 0 bridgehead atoms. The molecule has 0 amide bonds. The number of furan rings is 1. The van der Waals surface area contributed by atoms with Gasteiger partial charge in [-0.2, -0.15) is 0 Å². The van der Waals surface area contributed by atoms with Gasteiger partial charge in [0.05, 0.1) is 12.8 Å². The van der Waals surface area contributed by atoms with Gasteiger partial charge in [0.15, 0.2) is 0 Å². The number of hydrogen-bond donors (Lipinski definition) is 1. The van der Waals surface area contributed by atoms with Crippen LogP contribution in [-0.2, 0) is 13.1 Å². The van der Waals surface area contributed by atoms with Gasteiger partial charge in [0.2, 0.25) is 0 Å². The summed E-state index contributed by atoms with van der Waals surface area (Å²) >= 11 is 0. The number of rotatable bonds is 9. The first-order valence-corrected chi connectivity index (χ1v) is 8.06. The van der Waals surface area contributed by atoms with Crippen molar-refractivity contribution in [3.63, 3.8) is 0 Å². The van der Waals surface area contributed by atoms with Crippen LogP contribution in [0.15, 0.2) is 16.7 Å². The van der Waals surface area contributed by atoms with E-state index in [0.29, 0.717) is 12.0 Å². The monoisotopic (exact) mass is 278 g/mol. The van der Waals surface area contributed by atoms with Crippen LogP contribution in [0.5, 0.6) is 0 Å². The van der Waals surface area contributed by atoms with Gasteiger partial charge >= 0.3 is 0 Å². The fraction of sp³-hybridized carbons (Fsp3) is 0.765. The Bertz CT molecular complexity index is 393. The van der Waals surface area contributed by atoms with Gasteiger partial charge in [0, 0.05) is 24.7 Å². The molecule has 0 radical (unpaired) electrons. The topological polar surface area (TPSA) is 28.4 Å². The lowest BCUT2D eigenvalue weighted by atomic mass is 10.2. The largest absolute Gasteiger partial charge is 0.468 e. The lowest BCUT2D eigenvalue weighted by molar-refractivity contribution is 0.187. The normalized spacial score (nSPS) is 15.8. The van der Waals surface area contributed by atoms with Gasteiger partial charge in [-0.3, -0.25) is 4.90 Å². The van der Waals surface area contributed by atoms with E-state index < -0.39 is 0 Å². The first-order valence-electron chi connectivity index (χ1n) is 8.06. The van der Waals surface area contributed by atoms with Crippen molar-refractivity contribution in [2.75, 3.05) is 13.1 Å². The summed E-state index contributed by atoms with van der Waals surface area (Å²) in [7, 11) is 0. The average Bonchev–Trinajstić information content (AvgIpc) is 3.08. The van der Waals surface area contributed by atoms with Gasteiger partial charge in [0.1, 0.15) is 5.76 Å². The molecule has 1 aromatic heterocycles. The number of hydrogen-bond acceptors (Lipinski definition) is 3. The SMILES string of the molecule is CC(C)CNCc1ccoc1CN(CC1CC1)C(C)C. The van der Waals surface area contributed by atoms with Crippen LogP contribution < -0.4 is 5.32 Å². The maximum absolute atomic E-state index is 5.72. The molecule has 0 spiro atoms. The van der Waals surface area contributed by atoms with E-state index in [1.54, 1.807) is 0 Å². The fourth-order valence-electron chi connectivity index (χ4n) is 2.43. The third-order valence-corrected chi connectivity index (χ3v) is 3.97. The molecule has 0 aromatic carbocycles. The van der Waals surface area contributed by atoms with E-state index in [4.69, 9.17) is 4.42 Å². The molecule has 1 aliphatic rings. The highest BCUT2D eigenvalue weighted by molar-refractivity contribution is 5.17. The number of nitrogens with zero attached hydrogens (tertiary/aromatic N) is 1. The van der Waals surface area contributed by atoms with Crippen LogP contribution in [0, 0.1) is 11.8 Å². The van der Waals surface area contributed by atoms with Gasteiger partial charge in [-0.15, -0.1) is 0 Å². The third kappa shape index (κ3) is 4.95. The van der Waals surface area contributed by atoms with Crippen LogP contribution in [-0.4, -0.2) is 24.0 Å². The van der Waals surface area contributed by atoms with Crippen molar-refractivity contribution in [3.8, 4) is 0 Å². The highest BCUT2D eigenvalue weighted by Gasteiger charge is 2.26. The van der Waals surface area contributed by atoms with Crippen LogP contribution >= 0.6 is 0 Å². The van der Waals surface area contributed by atoms with Gasteiger partial charge in [-0.05, 0) is 51.1 Å². The molecule has 3 heteroatoms. The molecule has 0 unspecified atom stereocenters. The molecule has 3 nitrogen and oxygen atoms in total. The minimum atomic E-state index is 0.581. The van der Waals surface area contributed by atoms with Crippen LogP contribution in [0.25, 0.3) is 0 Å². The van der Waals surface area contributed by atoms with E-state index in [1.165, 1.54) is 24.9 Å². The summed E-state index contributed by atoms with van der Waals surface area (Å²) in [4.78, 5) is 2.54. The van der Waals surface area contributed by atoms with E-state index in [-0.39, 0.29) is 0 Å². The Kier molecular flexibility index (Phi) is 5.67. The van der Waals surface area contributed by atoms with E-state index in [2.05, 4.69) is 44.0 Å². The van der Waals surface area contributed by atoms with Crippen LogP contribution in [0.1, 0.15) is 51.9 Å². The van der Waals surface area contributed by atoms with Crippen molar-refractivity contribution in [1.29, 1.82) is 0 Å². The summed E-state index contributed by atoms with van der Waals surface area (Å²) in [5, 5.41) is 3.50. The van der Waals surface area contributed by atoms with Gasteiger partial charge in [0.25, 0.3) is 0 Å². The molecule has 1 N–H and O–H groups in total. The minimum absolute atomic E-state index is 0.581. The summed E-state index contributed by atoms with van der Waals surface area (Å²) in [6, 6.07) is 2.69. The zero-order chi connectivity index (χ0) is 14.5. The molecule has 1 fully saturated rings. The summed E-state index contributed by atoms with van der Waals surface area (Å²) < 4.78 is 5.72. The van der Waals surface area contributed by atoms with Crippen LogP contribution in [0.4, 0.5) is 0 Å². The Hall–Kier alpha value is -0.800. The quantitative estimate of drug-likeness (QED) is 0.747. The summed E-state index contributed by atoms with van der Waals surface area (Å²) in [6.07, 6.45) is 4.64. The lowest BCUT2D eigenvalue weighted by Gasteiger charge is -2.25. The van der Waals surface area contributed by atoms with Crippen LogP contribution in [0.3, 0.4) is 0 Å². The summed E-state index contributed by atoms with van der Waals surface area (Å²) in [6.45, 7) is 13.2. The molecular formula is C17H30N2O. The minimum Gasteiger partial charge on any atom is -0.468 e. The van der Waals surface area contributed by atoms with E-state index >= 15 is 0 Å². The molecule has 1 aromatic rings. The van der Waals surface area contributed by atoms with E-state index in [9.17, 15) is 0 Å². The standard InChI is InChI=1S/C17H30N2O/c1-13(2)9-18-10-16-7-8-20-17(16)12-19(14(3)4)11-15-5-6-15/h7-8,13-15,18H,5-6,9-12H2,1-4H3. The molecular weight excluding hydrogens is 248 g/mol. The fourth-order valence-corrected chi connectivity index (χ4v) is 2.43. The molecule has 1 saturated carbocycles. The van der Waals surface area contributed by atoms with E-state index in [0.717, 1.165) is 31.3 Å². The summed E-state index contributed by atoms with van der Waals surface area (Å²) in [5.74, 6) is 2.75. The second-order valence-corrected chi connectivity index (χ2v) is 6.86. The van der Waals surface area contributed by atoms with Gasteiger partial charge < -0.3 is 9.73 Å². The van der Waals surface area contributed by atoms with Crippen molar-refractivity contribution >= 4 is 0 Å². The van der Waals surface area contributed by atoms with Crippen molar-refractivity contribution < 1.29 is 4.42 Å². The van der Waals surface area contributed by atoms with Crippen molar-refractivity contribution in [1.82, 2.24) is 10.2 Å². The molecule has 0 atom stereocenters. The van der Waals surface area contributed by atoms with Crippen molar-refractivity contribution in [2.45, 2.75) is 59.7 Å². The predicted octanol–water partition coefficient (Wildman–Crippen LogP) is 3.65. The maximum atomic E-state index is 5.72. The maximum Gasteiger partial charge on any atom is 0.122 e. The summed E-state index contributed by atoms with van der Waals surface area (Å²) in [5.41, 5.74) is 1.31. The first kappa shape index (κ1) is 15.6. The molecule has 20 heavy (non-hydrogen) atoms. The smallest absolute Gasteiger partial charge is 0.122 e. The average molecular weight is 278 g/mol. The van der Waals surface area contributed by atoms with Crippen molar-refractivity contribution in [3.05, 3.63) is 23.7 Å². The van der Waals surface area contributed by atoms with Crippen LogP contribution in [0.2, 0.25) is 0 Å². The molecule has 114 valence electrons. The third-order valence-electron chi connectivity index (χ3n) is 3.97. The Balaban J connectivity index is 1.88. The Labute approximate surface area is 123 Å². The van der Waals surface area contributed by atoms with Crippen molar-refractivity contribution in [2.24, 2.45) is 11.8 Å². The molecule has 1 aliphatic carbocycles. The second-order valence-electron chi connectivity index (χ2n) is 6.86. The Morgan fingerprint density at radius 1 is 1.30 bits per heavy atom. The zero-order valence-corrected chi connectivity index (χ0v) is 13.5. The lowest BCUT2D eigenvalue weighted by Crippen LogP contribution is -2.32.